The molecule has 0 radical (unpaired) electrons. The highest BCUT2D eigenvalue weighted by Gasteiger charge is 2.43. The second-order valence-corrected chi connectivity index (χ2v) is 4.33. The van der Waals surface area contributed by atoms with E-state index in [0.717, 1.165) is 25.1 Å². The molecule has 0 unspecified atom stereocenters. The fourth-order valence-corrected chi connectivity index (χ4v) is 1.39. The SMILES string of the molecule is OCC1(COc2ccc(C(F)(F)F)cn2)CC1. The topological polar surface area (TPSA) is 42.4 Å². The Labute approximate surface area is 96.2 Å². The van der Waals surface area contributed by atoms with Gasteiger partial charge in [-0.3, -0.25) is 0 Å². The van der Waals surface area contributed by atoms with E-state index in [2.05, 4.69) is 4.98 Å². The van der Waals surface area contributed by atoms with Crippen LogP contribution in [0.1, 0.15) is 18.4 Å². The first-order valence-electron chi connectivity index (χ1n) is 5.22. The van der Waals surface area contributed by atoms with Crippen molar-refractivity contribution in [1.82, 2.24) is 4.98 Å². The van der Waals surface area contributed by atoms with E-state index < -0.39 is 11.7 Å². The standard InChI is InChI=1S/C11H12F3NO2/c12-11(13,14)8-1-2-9(15-5-8)17-7-10(6-16)3-4-10/h1-2,5,16H,3-4,6-7H2. The summed E-state index contributed by atoms with van der Waals surface area (Å²) in [7, 11) is 0. The number of hydrogen-bond acceptors (Lipinski definition) is 3. The fraction of sp³-hybridized carbons (Fsp3) is 0.545. The van der Waals surface area contributed by atoms with Crippen LogP contribution in [0.15, 0.2) is 18.3 Å². The van der Waals surface area contributed by atoms with Gasteiger partial charge in [0.2, 0.25) is 5.88 Å². The molecule has 3 nitrogen and oxygen atoms in total. The number of hydrogen-bond donors (Lipinski definition) is 1. The molecular formula is C11H12F3NO2. The zero-order valence-corrected chi connectivity index (χ0v) is 9.00. The number of aliphatic hydroxyl groups is 1. The number of aliphatic hydroxyl groups excluding tert-OH is 1. The summed E-state index contributed by atoms with van der Waals surface area (Å²) in [5.74, 6) is 0.151. The summed E-state index contributed by atoms with van der Waals surface area (Å²) in [6, 6.07) is 2.12. The summed E-state index contributed by atoms with van der Waals surface area (Å²) in [6.07, 6.45) is -1.88. The Kier molecular flexibility index (Phi) is 2.99. The molecule has 94 valence electrons. The summed E-state index contributed by atoms with van der Waals surface area (Å²) >= 11 is 0. The molecule has 1 aromatic rings. The zero-order valence-electron chi connectivity index (χ0n) is 9.00. The van der Waals surface area contributed by atoms with Gasteiger partial charge in [-0.05, 0) is 18.9 Å². The summed E-state index contributed by atoms with van der Waals surface area (Å²) in [4.78, 5) is 3.59. The minimum Gasteiger partial charge on any atom is -0.477 e. The molecule has 0 aromatic carbocycles. The maximum atomic E-state index is 12.2. The Morgan fingerprint density at radius 3 is 2.47 bits per heavy atom. The van der Waals surface area contributed by atoms with Gasteiger partial charge in [0.25, 0.3) is 0 Å². The van der Waals surface area contributed by atoms with Crippen molar-refractivity contribution in [2.24, 2.45) is 5.41 Å². The molecule has 0 saturated heterocycles. The van der Waals surface area contributed by atoms with Crippen molar-refractivity contribution in [3.05, 3.63) is 23.9 Å². The predicted molar refractivity (Wildman–Crippen MR) is 53.5 cm³/mol. The number of pyridine rings is 1. The molecule has 17 heavy (non-hydrogen) atoms. The molecule has 0 bridgehead atoms. The number of nitrogens with zero attached hydrogens (tertiary/aromatic N) is 1. The van der Waals surface area contributed by atoms with Gasteiger partial charge >= 0.3 is 6.18 Å². The number of ether oxygens (including phenoxy) is 1. The van der Waals surface area contributed by atoms with E-state index in [9.17, 15) is 13.2 Å². The molecule has 1 N–H and O–H groups in total. The van der Waals surface area contributed by atoms with Crippen molar-refractivity contribution in [3.63, 3.8) is 0 Å². The Balaban J connectivity index is 1.94. The first kappa shape index (κ1) is 12.2. The van der Waals surface area contributed by atoms with E-state index in [1.807, 2.05) is 0 Å². The Morgan fingerprint density at radius 1 is 1.35 bits per heavy atom. The molecule has 1 aliphatic rings. The lowest BCUT2D eigenvalue weighted by Crippen LogP contribution is -2.17. The lowest BCUT2D eigenvalue weighted by molar-refractivity contribution is -0.137. The molecule has 1 aromatic heterocycles. The second kappa shape index (κ2) is 4.18. The molecule has 1 heterocycles. The van der Waals surface area contributed by atoms with E-state index in [-0.39, 0.29) is 17.9 Å². The van der Waals surface area contributed by atoms with Crippen LogP contribution in [-0.2, 0) is 6.18 Å². The van der Waals surface area contributed by atoms with Crippen LogP contribution in [0, 0.1) is 5.41 Å². The summed E-state index contributed by atoms with van der Waals surface area (Å²) in [5, 5.41) is 9.04. The summed E-state index contributed by atoms with van der Waals surface area (Å²) < 4.78 is 42.0. The minimum absolute atomic E-state index is 0.0354. The predicted octanol–water partition coefficient (Wildman–Crippen LogP) is 2.25. The van der Waals surface area contributed by atoms with Crippen LogP contribution in [0.2, 0.25) is 0 Å². The highest BCUT2D eigenvalue weighted by Crippen LogP contribution is 2.45. The van der Waals surface area contributed by atoms with Gasteiger partial charge in [0, 0.05) is 17.7 Å². The largest absolute Gasteiger partial charge is 0.477 e. The molecule has 0 aliphatic heterocycles. The second-order valence-electron chi connectivity index (χ2n) is 4.33. The smallest absolute Gasteiger partial charge is 0.417 e. The molecular weight excluding hydrogens is 235 g/mol. The molecule has 0 atom stereocenters. The van der Waals surface area contributed by atoms with Crippen LogP contribution in [0.25, 0.3) is 0 Å². The molecule has 1 aliphatic carbocycles. The van der Waals surface area contributed by atoms with E-state index in [0.29, 0.717) is 6.61 Å². The van der Waals surface area contributed by atoms with E-state index in [1.165, 1.54) is 6.07 Å². The third kappa shape index (κ3) is 2.88. The summed E-state index contributed by atoms with van der Waals surface area (Å²) in [6.45, 7) is 0.329. The van der Waals surface area contributed by atoms with Crippen LogP contribution in [0.3, 0.4) is 0 Å². The van der Waals surface area contributed by atoms with Gasteiger partial charge in [-0.25, -0.2) is 4.98 Å². The van der Waals surface area contributed by atoms with Crippen molar-refractivity contribution in [1.29, 1.82) is 0 Å². The molecule has 0 spiro atoms. The number of aromatic nitrogens is 1. The molecule has 1 saturated carbocycles. The van der Waals surface area contributed by atoms with Gasteiger partial charge < -0.3 is 9.84 Å². The van der Waals surface area contributed by atoms with Gasteiger partial charge in [-0.2, -0.15) is 13.2 Å². The number of halogens is 3. The lowest BCUT2D eigenvalue weighted by Gasteiger charge is -2.13. The Hall–Kier alpha value is -1.30. The number of alkyl halides is 3. The van der Waals surface area contributed by atoms with Gasteiger partial charge in [0.05, 0.1) is 18.8 Å². The third-order valence-corrected chi connectivity index (χ3v) is 2.88. The van der Waals surface area contributed by atoms with E-state index in [4.69, 9.17) is 9.84 Å². The highest BCUT2D eigenvalue weighted by molar-refractivity contribution is 5.20. The summed E-state index contributed by atoms with van der Waals surface area (Å²) in [5.41, 5.74) is -1.00. The van der Waals surface area contributed by atoms with Crippen molar-refractivity contribution in [2.45, 2.75) is 19.0 Å². The fourth-order valence-electron chi connectivity index (χ4n) is 1.39. The van der Waals surface area contributed by atoms with Crippen LogP contribution in [0.4, 0.5) is 13.2 Å². The molecule has 2 rings (SSSR count). The van der Waals surface area contributed by atoms with Crippen LogP contribution >= 0.6 is 0 Å². The normalized spacial score (nSPS) is 17.9. The van der Waals surface area contributed by atoms with E-state index in [1.54, 1.807) is 0 Å². The van der Waals surface area contributed by atoms with Gasteiger partial charge in [0.1, 0.15) is 0 Å². The first-order chi connectivity index (χ1) is 7.95. The zero-order chi connectivity index (χ0) is 12.5. The third-order valence-electron chi connectivity index (χ3n) is 2.88. The van der Waals surface area contributed by atoms with Crippen LogP contribution in [0.5, 0.6) is 5.88 Å². The molecule has 6 heteroatoms. The first-order valence-corrected chi connectivity index (χ1v) is 5.22. The monoisotopic (exact) mass is 247 g/mol. The Bertz CT molecular complexity index is 385. The van der Waals surface area contributed by atoms with E-state index >= 15 is 0 Å². The lowest BCUT2D eigenvalue weighted by atomic mass is 10.1. The maximum absolute atomic E-state index is 12.2. The molecule has 0 amide bonds. The highest BCUT2D eigenvalue weighted by atomic mass is 19.4. The van der Waals surface area contributed by atoms with Crippen molar-refractivity contribution in [2.75, 3.05) is 13.2 Å². The van der Waals surface area contributed by atoms with Crippen LogP contribution < -0.4 is 4.74 Å². The molecule has 1 fully saturated rings. The Morgan fingerprint density at radius 2 is 2.06 bits per heavy atom. The van der Waals surface area contributed by atoms with Crippen molar-refractivity contribution in [3.8, 4) is 5.88 Å². The van der Waals surface area contributed by atoms with Crippen molar-refractivity contribution < 1.29 is 23.0 Å². The van der Waals surface area contributed by atoms with Gasteiger partial charge in [0.15, 0.2) is 0 Å². The van der Waals surface area contributed by atoms with Crippen LogP contribution in [-0.4, -0.2) is 23.3 Å². The average molecular weight is 247 g/mol. The minimum atomic E-state index is -4.38. The number of rotatable bonds is 4. The van der Waals surface area contributed by atoms with Gasteiger partial charge in [-0.15, -0.1) is 0 Å². The van der Waals surface area contributed by atoms with Gasteiger partial charge in [-0.1, -0.05) is 0 Å². The average Bonchev–Trinajstić information content (AvgIpc) is 3.06. The maximum Gasteiger partial charge on any atom is 0.417 e. The quantitative estimate of drug-likeness (QED) is 0.887. The van der Waals surface area contributed by atoms with Crippen molar-refractivity contribution >= 4 is 0 Å².